The van der Waals surface area contributed by atoms with E-state index in [-0.39, 0.29) is 5.91 Å². The van der Waals surface area contributed by atoms with Gasteiger partial charge in [0.2, 0.25) is 0 Å². The normalized spacial score (nSPS) is 19.2. The van der Waals surface area contributed by atoms with Crippen LogP contribution in [0.3, 0.4) is 0 Å². The predicted molar refractivity (Wildman–Crippen MR) is 71.7 cm³/mol. The van der Waals surface area contributed by atoms with E-state index in [1.165, 1.54) is 32.1 Å². The Balaban J connectivity index is 1.71. The number of nitrogens with zero attached hydrogens (tertiary/aromatic N) is 4. The zero-order chi connectivity index (χ0) is 13.2. The lowest BCUT2D eigenvalue weighted by atomic mass is 9.85. The van der Waals surface area contributed by atoms with E-state index in [0.29, 0.717) is 18.2 Å². The second-order valence-corrected chi connectivity index (χ2v) is 5.89. The summed E-state index contributed by atoms with van der Waals surface area (Å²) in [5, 5.41) is 7.84. The van der Waals surface area contributed by atoms with Crippen LogP contribution in [0.1, 0.15) is 49.5 Å². The van der Waals surface area contributed by atoms with E-state index in [0.717, 1.165) is 19.0 Å². The summed E-state index contributed by atoms with van der Waals surface area (Å²) in [4.78, 5) is 14.7. The summed E-state index contributed by atoms with van der Waals surface area (Å²) in [5.74, 6) is 1.56. The lowest BCUT2D eigenvalue weighted by Gasteiger charge is -2.32. The number of hydrogen-bond acceptors (Lipinski definition) is 3. The van der Waals surface area contributed by atoms with Crippen LogP contribution in [-0.2, 0) is 6.54 Å². The van der Waals surface area contributed by atoms with Crippen LogP contribution in [0.2, 0.25) is 0 Å². The number of hydrogen-bond donors (Lipinski definition) is 0. The molecular formula is C14H22N4O. The van der Waals surface area contributed by atoms with E-state index in [9.17, 15) is 4.79 Å². The molecule has 3 rings (SSSR count). The maximum atomic E-state index is 12.6. The summed E-state index contributed by atoms with van der Waals surface area (Å²) in [6, 6.07) is 0. The van der Waals surface area contributed by atoms with Crippen molar-refractivity contribution in [2.75, 3.05) is 13.1 Å². The summed E-state index contributed by atoms with van der Waals surface area (Å²) >= 11 is 0. The third-order valence-electron chi connectivity index (χ3n) is 4.30. The maximum absolute atomic E-state index is 12.6. The molecule has 2 aliphatic carbocycles. The van der Waals surface area contributed by atoms with Crippen LogP contribution in [0, 0.1) is 11.8 Å². The molecule has 2 saturated carbocycles. The molecule has 1 heterocycles. The molecule has 2 aliphatic rings. The first-order chi connectivity index (χ1) is 9.28. The Morgan fingerprint density at radius 3 is 2.53 bits per heavy atom. The minimum atomic E-state index is 0.116. The standard InChI is InChI=1S/C14H22N4O/c1-2-18-13(8-15-16-18)14(19)17(10-12-6-7-12)9-11-4-3-5-11/h8,11-12H,2-7,9-10H2,1H3. The van der Waals surface area contributed by atoms with Gasteiger partial charge >= 0.3 is 0 Å². The predicted octanol–water partition coefficient (Wildman–Crippen LogP) is 1.95. The molecule has 5 nitrogen and oxygen atoms in total. The lowest BCUT2D eigenvalue weighted by molar-refractivity contribution is 0.0673. The SMILES string of the molecule is CCn1nncc1C(=O)N(CC1CCC1)CC1CC1. The van der Waals surface area contributed by atoms with Gasteiger partial charge in [-0.25, -0.2) is 4.68 Å². The van der Waals surface area contributed by atoms with Crippen molar-refractivity contribution in [3.8, 4) is 0 Å². The van der Waals surface area contributed by atoms with Gasteiger partial charge in [-0.3, -0.25) is 4.79 Å². The minimum Gasteiger partial charge on any atom is -0.337 e. The fourth-order valence-corrected chi connectivity index (χ4v) is 2.66. The third kappa shape index (κ3) is 2.80. The molecule has 0 saturated heterocycles. The smallest absolute Gasteiger partial charge is 0.273 e. The van der Waals surface area contributed by atoms with Crippen molar-refractivity contribution in [1.29, 1.82) is 0 Å². The summed E-state index contributed by atoms with van der Waals surface area (Å²) in [7, 11) is 0. The molecule has 0 N–H and O–H groups in total. The summed E-state index contributed by atoms with van der Waals surface area (Å²) in [6.45, 7) is 4.53. The molecule has 104 valence electrons. The molecule has 0 spiro atoms. The zero-order valence-corrected chi connectivity index (χ0v) is 11.6. The zero-order valence-electron chi connectivity index (χ0n) is 11.6. The van der Waals surface area contributed by atoms with Gasteiger partial charge in [-0.1, -0.05) is 11.6 Å². The summed E-state index contributed by atoms with van der Waals surface area (Å²) in [5.41, 5.74) is 0.641. The van der Waals surface area contributed by atoms with Gasteiger partial charge in [-0.05, 0) is 44.4 Å². The van der Waals surface area contributed by atoms with Gasteiger partial charge in [0, 0.05) is 19.6 Å². The molecule has 0 radical (unpaired) electrons. The molecule has 1 amide bonds. The number of aromatic nitrogens is 3. The van der Waals surface area contributed by atoms with E-state index >= 15 is 0 Å². The van der Waals surface area contributed by atoms with Crippen molar-refractivity contribution in [3.63, 3.8) is 0 Å². The second kappa shape index (κ2) is 5.31. The molecular weight excluding hydrogens is 240 g/mol. The molecule has 0 bridgehead atoms. The van der Waals surface area contributed by atoms with Gasteiger partial charge in [0.25, 0.3) is 5.91 Å². The molecule has 1 aromatic rings. The molecule has 2 fully saturated rings. The Labute approximate surface area is 114 Å². The van der Waals surface area contributed by atoms with Gasteiger partial charge in [-0.15, -0.1) is 5.10 Å². The Morgan fingerprint density at radius 1 is 1.32 bits per heavy atom. The van der Waals surface area contributed by atoms with Crippen LogP contribution < -0.4 is 0 Å². The highest BCUT2D eigenvalue weighted by atomic mass is 16.2. The van der Waals surface area contributed by atoms with Gasteiger partial charge in [0.1, 0.15) is 5.69 Å². The molecule has 0 unspecified atom stereocenters. The van der Waals surface area contributed by atoms with E-state index < -0.39 is 0 Å². The number of carbonyl (C=O) groups is 1. The summed E-state index contributed by atoms with van der Waals surface area (Å²) < 4.78 is 1.70. The second-order valence-electron chi connectivity index (χ2n) is 5.89. The van der Waals surface area contributed by atoms with Crippen LogP contribution in [0.5, 0.6) is 0 Å². The van der Waals surface area contributed by atoms with Crippen LogP contribution in [-0.4, -0.2) is 38.9 Å². The van der Waals surface area contributed by atoms with E-state index in [1.807, 2.05) is 11.8 Å². The molecule has 1 aromatic heterocycles. The van der Waals surface area contributed by atoms with Crippen LogP contribution in [0.4, 0.5) is 0 Å². The van der Waals surface area contributed by atoms with Crippen LogP contribution in [0.15, 0.2) is 6.20 Å². The third-order valence-corrected chi connectivity index (χ3v) is 4.30. The molecule has 0 aromatic carbocycles. The number of aryl methyl sites for hydroxylation is 1. The fourth-order valence-electron chi connectivity index (χ4n) is 2.66. The first-order valence-electron chi connectivity index (χ1n) is 7.45. The van der Waals surface area contributed by atoms with Gasteiger partial charge in [-0.2, -0.15) is 0 Å². The highest BCUT2D eigenvalue weighted by Gasteiger charge is 2.31. The minimum absolute atomic E-state index is 0.116. The van der Waals surface area contributed by atoms with E-state index in [1.54, 1.807) is 10.9 Å². The largest absolute Gasteiger partial charge is 0.337 e. The average molecular weight is 262 g/mol. The topological polar surface area (TPSA) is 51.0 Å². The van der Waals surface area contributed by atoms with Gasteiger partial charge in [0.05, 0.1) is 6.20 Å². The quantitative estimate of drug-likeness (QED) is 0.787. The lowest BCUT2D eigenvalue weighted by Crippen LogP contribution is -2.39. The van der Waals surface area contributed by atoms with Crippen molar-refractivity contribution in [2.24, 2.45) is 11.8 Å². The maximum Gasteiger partial charge on any atom is 0.273 e. The molecule has 0 aliphatic heterocycles. The first kappa shape index (κ1) is 12.6. The molecule has 5 heteroatoms. The fraction of sp³-hybridized carbons (Fsp3) is 0.786. The Morgan fingerprint density at radius 2 is 2.00 bits per heavy atom. The highest BCUT2D eigenvalue weighted by molar-refractivity contribution is 5.92. The van der Waals surface area contributed by atoms with Gasteiger partial charge in [0.15, 0.2) is 0 Å². The van der Waals surface area contributed by atoms with Crippen molar-refractivity contribution in [2.45, 2.75) is 45.6 Å². The van der Waals surface area contributed by atoms with Crippen LogP contribution >= 0.6 is 0 Å². The average Bonchev–Trinajstić information content (AvgIpc) is 3.05. The highest BCUT2D eigenvalue weighted by Crippen LogP contribution is 2.32. The first-order valence-corrected chi connectivity index (χ1v) is 7.45. The Hall–Kier alpha value is -1.39. The number of carbonyl (C=O) groups excluding carboxylic acids is 1. The van der Waals surface area contributed by atoms with Crippen molar-refractivity contribution in [1.82, 2.24) is 19.9 Å². The number of amides is 1. The Bertz CT molecular complexity index is 448. The van der Waals surface area contributed by atoms with Crippen molar-refractivity contribution < 1.29 is 4.79 Å². The molecule has 19 heavy (non-hydrogen) atoms. The monoisotopic (exact) mass is 262 g/mol. The van der Waals surface area contributed by atoms with Crippen molar-refractivity contribution >= 4 is 5.91 Å². The Kier molecular flexibility index (Phi) is 3.53. The van der Waals surface area contributed by atoms with Crippen molar-refractivity contribution in [3.05, 3.63) is 11.9 Å². The van der Waals surface area contributed by atoms with E-state index in [4.69, 9.17) is 0 Å². The van der Waals surface area contributed by atoms with Gasteiger partial charge < -0.3 is 4.90 Å². The van der Waals surface area contributed by atoms with Crippen LogP contribution in [0.25, 0.3) is 0 Å². The van der Waals surface area contributed by atoms with E-state index in [2.05, 4.69) is 10.3 Å². The number of rotatable bonds is 6. The molecule has 0 atom stereocenters. The summed E-state index contributed by atoms with van der Waals surface area (Å²) in [6.07, 6.45) is 8.04.